The van der Waals surface area contributed by atoms with Crippen LogP contribution in [-0.4, -0.2) is 35.1 Å². The van der Waals surface area contributed by atoms with Crippen molar-refractivity contribution in [3.05, 3.63) is 27.7 Å². The van der Waals surface area contributed by atoms with Crippen LogP contribution in [0.3, 0.4) is 0 Å². The van der Waals surface area contributed by atoms with Crippen LogP contribution < -0.4 is 5.32 Å². The zero-order valence-electron chi connectivity index (χ0n) is 11.5. The smallest absolute Gasteiger partial charge is 0.335 e. The Labute approximate surface area is 132 Å². The standard InChI is InChI=1S/C14H16Cl2N2O3/c1-18(9-4-2-3-5-9)14(21)17-12-10(15)6-8(13(19)20)7-11(12)16/h6-7,9H,2-5H2,1H3,(H,17,21)(H,19,20). The number of carboxylic acid groups (broad SMARTS) is 1. The van der Waals surface area contributed by atoms with Gasteiger partial charge < -0.3 is 15.3 Å². The van der Waals surface area contributed by atoms with Crippen molar-refractivity contribution in [2.24, 2.45) is 0 Å². The summed E-state index contributed by atoms with van der Waals surface area (Å²) in [6, 6.07) is 2.46. The van der Waals surface area contributed by atoms with Gasteiger partial charge in [0.25, 0.3) is 0 Å². The molecule has 0 spiro atoms. The van der Waals surface area contributed by atoms with Gasteiger partial charge >= 0.3 is 12.0 Å². The summed E-state index contributed by atoms with van der Waals surface area (Å²) in [5.74, 6) is -1.13. The highest BCUT2D eigenvalue weighted by atomic mass is 35.5. The topological polar surface area (TPSA) is 69.6 Å². The largest absolute Gasteiger partial charge is 0.478 e. The molecule has 0 atom stereocenters. The lowest BCUT2D eigenvalue weighted by molar-refractivity contribution is 0.0697. The molecule has 1 aliphatic carbocycles. The Kier molecular flexibility index (Phi) is 4.96. The van der Waals surface area contributed by atoms with Gasteiger partial charge in [-0.1, -0.05) is 36.0 Å². The Morgan fingerprint density at radius 2 is 1.76 bits per heavy atom. The molecule has 7 heteroatoms. The third-order valence-electron chi connectivity index (χ3n) is 3.71. The molecule has 1 saturated carbocycles. The fourth-order valence-electron chi connectivity index (χ4n) is 2.47. The van der Waals surface area contributed by atoms with E-state index in [9.17, 15) is 9.59 Å². The van der Waals surface area contributed by atoms with E-state index in [1.165, 1.54) is 12.1 Å². The minimum atomic E-state index is -1.13. The number of halogens is 2. The molecule has 0 radical (unpaired) electrons. The summed E-state index contributed by atoms with van der Waals surface area (Å²) >= 11 is 12.0. The molecule has 21 heavy (non-hydrogen) atoms. The molecule has 1 aromatic carbocycles. The maximum Gasteiger partial charge on any atom is 0.335 e. The van der Waals surface area contributed by atoms with E-state index in [2.05, 4.69) is 5.32 Å². The average molecular weight is 331 g/mol. The van der Waals surface area contributed by atoms with E-state index in [0.717, 1.165) is 25.7 Å². The maximum atomic E-state index is 12.2. The van der Waals surface area contributed by atoms with E-state index in [1.807, 2.05) is 0 Å². The summed E-state index contributed by atoms with van der Waals surface area (Å²) in [5, 5.41) is 11.8. The van der Waals surface area contributed by atoms with Crippen molar-refractivity contribution >= 4 is 40.9 Å². The van der Waals surface area contributed by atoms with Crippen molar-refractivity contribution < 1.29 is 14.7 Å². The van der Waals surface area contributed by atoms with Crippen LogP contribution in [0.4, 0.5) is 10.5 Å². The van der Waals surface area contributed by atoms with Gasteiger partial charge in [0.05, 0.1) is 21.3 Å². The number of hydrogen-bond donors (Lipinski definition) is 2. The van der Waals surface area contributed by atoms with Gasteiger partial charge in [-0.25, -0.2) is 9.59 Å². The second-order valence-electron chi connectivity index (χ2n) is 5.10. The summed E-state index contributed by atoms with van der Waals surface area (Å²) in [5.41, 5.74) is 0.213. The van der Waals surface area contributed by atoms with Crippen molar-refractivity contribution in [3.8, 4) is 0 Å². The quantitative estimate of drug-likeness (QED) is 0.876. The van der Waals surface area contributed by atoms with Crippen LogP contribution >= 0.6 is 23.2 Å². The minimum Gasteiger partial charge on any atom is -0.478 e. The summed E-state index contributed by atoms with van der Waals surface area (Å²) in [6.07, 6.45) is 4.22. The van der Waals surface area contributed by atoms with Gasteiger partial charge in [-0.15, -0.1) is 0 Å². The molecule has 1 aliphatic rings. The van der Waals surface area contributed by atoms with E-state index in [0.29, 0.717) is 0 Å². The fraction of sp³-hybridized carbons (Fsp3) is 0.429. The molecule has 0 unspecified atom stereocenters. The molecule has 0 heterocycles. The van der Waals surface area contributed by atoms with Gasteiger partial charge in [0.2, 0.25) is 0 Å². The number of urea groups is 1. The van der Waals surface area contributed by atoms with E-state index >= 15 is 0 Å². The minimum absolute atomic E-state index is 0.0212. The number of benzene rings is 1. The van der Waals surface area contributed by atoms with Gasteiger partial charge in [-0.2, -0.15) is 0 Å². The highest BCUT2D eigenvalue weighted by Gasteiger charge is 2.24. The number of aromatic carboxylic acids is 1. The number of anilines is 1. The first-order valence-corrected chi connectivity index (χ1v) is 7.42. The van der Waals surface area contributed by atoms with Crippen LogP contribution in [0.2, 0.25) is 10.0 Å². The number of carboxylic acids is 1. The number of carbonyl (C=O) groups excluding carboxylic acids is 1. The van der Waals surface area contributed by atoms with Gasteiger partial charge in [0, 0.05) is 13.1 Å². The van der Waals surface area contributed by atoms with E-state index in [-0.39, 0.29) is 33.4 Å². The van der Waals surface area contributed by atoms with E-state index < -0.39 is 5.97 Å². The molecular weight excluding hydrogens is 315 g/mol. The second kappa shape index (κ2) is 6.54. The first kappa shape index (κ1) is 15.9. The van der Waals surface area contributed by atoms with Gasteiger partial charge in [-0.05, 0) is 25.0 Å². The highest BCUT2D eigenvalue weighted by molar-refractivity contribution is 6.40. The third-order valence-corrected chi connectivity index (χ3v) is 4.31. The van der Waals surface area contributed by atoms with Crippen molar-refractivity contribution in [1.29, 1.82) is 0 Å². The van der Waals surface area contributed by atoms with Crippen LogP contribution in [0.1, 0.15) is 36.0 Å². The summed E-state index contributed by atoms with van der Waals surface area (Å²) in [6.45, 7) is 0. The van der Waals surface area contributed by atoms with Crippen molar-refractivity contribution in [3.63, 3.8) is 0 Å². The Balaban J connectivity index is 2.15. The van der Waals surface area contributed by atoms with Gasteiger partial charge in [-0.3, -0.25) is 0 Å². The van der Waals surface area contributed by atoms with Crippen LogP contribution in [0.5, 0.6) is 0 Å². The normalized spacial score (nSPS) is 15.0. The first-order chi connectivity index (χ1) is 9.90. The Bertz CT molecular complexity index is 548. The highest BCUT2D eigenvalue weighted by Crippen LogP contribution is 2.32. The number of hydrogen-bond acceptors (Lipinski definition) is 2. The molecule has 2 rings (SSSR count). The molecule has 0 saturated heterocycles. The molecule has 0 aliphatic heterocycles. The number of nitrogens with zero attached hydrogens (tertiary/aromatic N) is 1. The molecule has 2 amide bonds. The zero-order valence-corrected chi connectivity index (χ0v) is 13.0. The molecule has 0 aromatic heterocycles. The van der Waals surface area contributed by atoms with Crippen molar-refractivity contribution in [2.45, 2.75) is 31.7 Å². The van der Waals surface area contributed by atoms with Crippen LogP contribution in [0.15, 0.2) is 12.1 Å². The fourth-order valence-corrected chi connectivity index (χ4v) is 3.05. The predicted molar refractivity (Wildman–Crippen MR) is 82.5 cm³/mol. The van der Waals surface area contributed by atoms with E-state index in [4.69, 9.17) is 28.3 Å². The summed E-state index contributed by atoms with van der Waals surface area (Å²) in [7, 11) is 1.73. The average Bonchev–Trinajstić information content (AvgIpc) is 2.95. The first-order valence-electron chi connectivity index (χ1n) is 6.66. The SMILES string of the molecule is CN(C(=O)Nc1c(Cl)cc(C(=O)O)cc1Cl)C1CCCC1. The van der Waals surface area contributed by atoms with Crippen LogP contribution in [-0.2, 0) is 0 Å². The monoisotopic (exact) mass is 330 g/mol. The van der Waals surface area contributed by atoms with Crippen molar-refractivity contribution in [1.82, 2.24) is 4.90 Å². The van der Waals surface area contributed by atoms with E-state index in [1.54, 1.807) is 11.9 Å². The Morgan fingerprint density at radius 1 is 1.24 bits per heavy atom. The Morgan fingerprint density at radius 3 is 2.24 bits per heavy atom. The summed E-state index contributed by atoms with van der Waals surface area (Å²) < 4.78 is 0. The number of rotatable bonds is 3. The lowest BCUT2D eigenvalue weighted by Crippen LogP contribution is -2.38. The lowest BCUT2D eigenvalue weighted by Gasteiger charge is -2.25. The molecular formula is C14H16Cl2N2O3. The molecule has 1 aromatic rings. The van der Waals surface area contributed by atoms with Crippen LogP contribution in [0, 0.1) is 0 Å². The number of amides is 2. The van der Waals surface area contributed by atoms with Gasteiger partial charge in [0.1, 0.15) is 0 Å². The summed E-state index contributed by atoms with van der Waals surface area (Å²) in [4.78, 5) is 24.8. The molecule has 114 valence electrons. The maximum absolute atomic E-state index is 12.2. The molecule has 2 N–H and O–H groups in total. The Hall–Kier alpha value is -1.46. The predicted octanol–water partition coefficient (Wildman–Crippen LogP) is 4.10. The second-order valence-corrected chi connectivity index (χ2v) is 5.91. The molecule has 0 bridgehead atoms. The van der Waals surface area contributed by atoms with Gasteiger partial charge in [0.15, 0.2) is 0 Å². The molecule has 1 fully saturated rings. The molecule has 5 nitrogen and oxygen atoms in total. The lowest BCUT2D eigenvalue weighted by atomic mass is 10.2. The van der Waals surface area contributed by atoms with Crippen molar-refractivity contribution in [2.75, 3.05) is 12.4 Å². The number of nitrogens with one attached hydrogen (secondary N) is 1. The number of carbonyl (C=O) groups is 2. The van der Waals surface area contributed by atoms with Crippen LogP contribution in [0.25, 0.3) is 0 Å². The third kappa shape index (κ3) is 3.60. The zero-order chi connectivity index (χ0) is 15.6.